The summed E-state index contributed by atoms with van der Waals surface area (Å²) >= 11 is 0. The Labute approximate surface area is 132 Å². The number of ether oxygens (including phenoxy) is 1. The van der Waals surface area contributed by atoms with Crippen molar-refractivity contribution in [2.75, 3.05) is 0 Å². The lowest BCUT2D eigenvalue weighted by molar-refractivity contribution is -0.135. The molecule has 1 aromatic rings. The molecule has 0 spiro atoms. The maximum absolute atomic E-state index is 12.9. The number of carbonyl (C=O) groups is 1. The van der Waals surface area contributed by atoms with Gasteiger partial charge in [0.2, 0.25) is 0 Å². The summed E-state index contributed by atoms with van der Waals surface area (Å²) in [5, 5.41) is 3.13. The molecule has 3 atom stereocenters. The first kappa shape index (κ1) is 16.8. The summed E-state index contributed by atoms with van der Waals surface area (Å²) in [6.45, 7) is 7.91. The lowest BCUT2D eigenvalue weighted by atomic mass is 9.78. The van der Waals surface area contributed by atoms with Gasteiger partial charge in [0, 0.05) is 6.04 Å². The molecule has 0 saturated heterocycles. The highest BCUT2D eigenvalue weighted by Crippen LogP contribution is 2.30. The van der Waals surface area contributed by atoms with Crippen LogP contribution in [0.2, 0.25) is 0 Å². The van der Waals surface area contributed by atoms with E-state index in [1.807, 2.05) is 0 Å². The summed E-state index contributed by atoms with van der Waals surface area (Å²) in [6, 6.07) is 5.93. The summed E-state index contributed by atoms with van der Waals surface area (Å²) in [5.41, 5.74) is -0.988. The minimum Gasteiger partial charge on any atom is -0.478 e. The molecule has 0 bridgehead atoms. The van der Waals surface area contributed by atoms with E-state index in [1.54, 1.807) is 13.8 Å². The van der Waals surface area contributed by atoms with E-state index in [0.717, 1.165) is 12.8 Å². The first-order valence-electron chi connectivity index (χ1n) is 8.05. The van der Waals surface area contributed by atoms with Crippen LogP contribution in [0.3, 0.4) is 0 Å². The largest absolute Gasteiger partial charge is 0.478 e. The smallest absolute Gasteiger partial charge is 0.263 e. The lowest BCUT2D eigenvalue weighted by Crippen LogP contribution is -2.53. The molecule has 122 valence electrons. The highest BCUT2D eigenvalue weighted by molar-refractivity contribution is 5.85. The van der Waals surface area contributed by atoms with E-state index in [2.05, 4.69) is 19.2 Å². The van der Waals surface area contributed by atoms with Gasteiger partial charge < -0.3 is 10.1 Å². The van der Waals surface area contributed by atoms with Gasteiger partial charge in [-0.15, -0.1) is 0 Å². The van der Waals surface area contributed by atoms with Crippen molar-refractivity contribution < 1.29 is 13.9 Å². The van der Waals surface area contributed by atoms with E-state index in [9.17, 15) is 9.18 Å². The van der Waals surface area contributed by atoms with Crippen molar-refractivity contribution in [3.63, 3.8) is 0 Å². The summed E-state index contributed by atoms with van der Waals surface area (Å²) in [6.07, 6.45) is 3.39. The molecular formula is C18H26FNO2. The molecule has 22 heavy (non-hydrogen) atoms. The molecule has 1 N–H and O–H groups in total. The van der Waals surface area contributed by atoms with Gasteiger partial charge in [0.15, 0.2) is 5.60 Å². The van der Waals surface area contributed by atoms with Crippen molar-refractivity contribution in [2.24, 2.45) is 11.8 Å². The Morgan fingerprint density at radius 3 is 2.50 bits per heavy atom. The number of nitrogens with one attached hydrogen (secondary N) is 1. The number of amides is 1. The Morgan fingerprint density at radius 1 is 1.23 bits per heavy atom. The van der Waals surface area contributed by atoms with Gasteiger partial charge in [0.25, 0.3) is 5.91 Å². The Balaban J connectivity index is 1.99. The van der Waals surface area contributed by atoms with E-state index in [1.165, 1.54) is 30.7 Å². The molecule has 0 heterocycles. The average molecular weight is 307 g/mol. The zero-order valence-electron chi connectivity index (χ0n) is 13.9. The van der Waals surface area contributed by atoms with Crippen LogP contribution in [-0.4, -0.2) is 17.6 Å². The molecule has 0 radical (unpaired) electrons. The van der Waals surface area contributed by atoms with Gasteiger partial charge in [-0.2, -0.15) is 0 Å². The molecular weight excluding hydrogens is 281 g/mol. The van der Waals surface area contributed by atoms with Crippen LogP contribution < -0.4 is 10.1 Å². The van der Waals surface area contributed by atoms with Gasteiger partial charge in [0.05, 0.1) is 0 Å². The highest BCUT2D eigenvalue weighted by atomic mass is 19.1. The first-order valence-corrected chi connectivity index (χ1v) is 8.05. The predicted octanol–water partition coefficient (Wildman–Crippen LogP) is 3.92. The highest BCUT2D eigenvalue weighted by Gasteiger charge is 2.35. The Hall–Kier alpha value is -1.58. The van der Waals surface area contributed by atoms with Crippen LogP contribution in [0.15, 0.2) is 24.3 Å². The molecule has 3 nitrogen and oxygen atoms in total. The van der Waals surface area contributed by atoms with Gasteiger partial charge in [-0.1, -0.05) is 26.7 Å². The molecule has 1 fully saturated rings. The summed E-state index contributed by atoms with van der Waals surface area (Å²) in [4.78, 5) is 12.5. The van der Waals surface area contributed by atoms with Crippen molar-refractivity contribution in [1.82, 2.24) is 5.32 Å². The number of carbonyl (C=O) groups excluding carboxylic acids is 1. The second-order valence-electron chi connectivity index (χ2n) is 6.91. The van der Waals surface area contributed by atoms with E-state index in [-0.39, 0.29) is 17.8 Å². The molecule has 1 aromatic carbocycles. The number of halogens is 1. The van der Waals surface area contributed by atoms with Crippen LogP contribution in [0, 0.1) is 17.7 Å². The summed E-state index contributed by atoms with van der Waals surface area (Å²) in [5.74, 6) is 1.15. The van der Waals surface area contributed by atoms with Crippen LogP contribution >= 0.6 is 0 Å². The third-order valence-corrected chi connectivity index (χ3v) is 4.76. The van der Waals surface area contributed by atoms with E-state index in [4.69, 9.17) is 4.74 Å². The topological polar surface area (TPSA) is 38.3 Å². The van der Waals surface area contributed by atoms with E-state index >= 15 is 0 Å². The lowest BCUT2D eigenvalue weighted by Gasteiger charge is -2.36. The Kier molecular flexibility index (Phi) is 5.09. The zero-order valence-corrected chi connectivity index (χ0v) is 13.9. The Morgan fingerprint density at radius 2 is 1.86 bits per heavy atom. The van der Waals surface area contributed by atoms with Crippen molar-refractivity contribution in [3.8, 4) is 5.75 Å². The standard InChI is InChI=1S/C18H26FNO2/c1-12-6-5-7-16(13(12)2)20-17(21)18(3,4)22-15-10-8-14(19)9-11-15/h8-13,16H,5-7H2,1-4H3,(H,20,21). The van der Waals surface area contributed by atoms with Gasteiger partial charge >= 0.3 is 0 Å². The Bertz CT molecular complexity index is 512. The number of hydrogen-bond acceptors (Lipinski definition) is 2. The SMILES string of the molecule is CC1CCCC(NC(=O)C(C)(C)Oc2ccc(F)cc2)C1C. The van der Waals surface area contributed by atoms with Crippen molar-refractivity contribution >= 4 is 5.91 Å². The number of benzene rings is 1. The summed E-state index contributed by atoms with van der Waals surface area (Å²) in [7, 11) is 0. The van der Waals surface area contributed by atoms with Crippen LogP contribution in [0.5, 0.6) is 5.75 Å². The fourth-order valence-electron chi connectivity index (χ4n) is 2.97. The molecule has 0 aromatic heterocycles. The zero-order chi connectivity index (χ0) is 16.3. The van der Waals surface area contributed by atoms with Crippen LogP contribution in [0.1, 0.15) is 47.0 Å². The fourth-order valence-corrected chi connectivity index (χ4v) is 2.97. The van der Waals surface area contributed by atoms with Crippen LogP contribution in [0.4, 0.5) is 4.39 Å². The molecule has 1 saturated carbocycles. The van der Waals surface area contributed by atoms with E-state index in [0.29, 0.717) is 17.6 Å². The number of hydrogen-bond donors (Lipinski definition) is 1. The number of rotatable bonds is 4. The third-order valence-electron chi connectivity index (χ3n) is 4.76. The van der Waals surface area contributed by atoms with Crippen LogP contribution in [-0.2, 0) is 4.79 Å². The second kappa shape index (κ2) is 6.67. The van der Waals surface area contributed by atoms with Gasteiger partial charge in [-0.05, 0) is 56.4 Å². The third kappa shape index (κ3) is 3.99. The molecule has 1 amide bonds. The molecule has 3 unspecified atom stereocenters. The monoisotopic (exact) mass is 307 g/mol. The van der Waals surface area contributed by atoms with Crippen molar-refractivity contribution in [3.05, 3.63) is 30.1 Å². The molecule has 0 aliphatic heterocycles. The van der Waals surface area contributed by atoms with Gasteiger partial charge in [-0.25, -0.2) is 4.39 Å². The molecule has 4 heteroatoms. The van der Waals surface area contributed by atoms with Crippen molar-refractivity contribution in [1.29, 1.82) is 0 Å². The van der Waals surface area contributed by atoms with Crippen LogP contribution in [0.25, 0.3) is 0 Å². The van der Waals surface area contributed by atoms with Gasteiger partial charge in [-0.3, -0.25) is 4.79 Å². The first-order chi connectivity index (χ1) is 10.3. The average Bonchev–Trinajstić information content (AvgIpc) is 2.46. The van der Waals surface area contributed by atoms with E-state index < -0.39 is 5.60 Å². The fraction of sp³-hybridized carbons (Fsp3) is 0.611. The summed E-state index contributed by atoms with van der Waals surface area (Å²) < 4.78 is 18.7. The molecule has 2 rings (SSSR count). The minimum atomic E-state index is -0.988. The normalized spacial score (nSPS) is 25.6. The second-order valence-corrected chi connectivity index (χ2v) is 6.91. The van der Waals surface area contributed by atoms with Gasteiger partial charge in [0.1, 0.15) is 11.6 Å². The van der Waals surface area contributed by atoms with Crippen molar-refractivity contribution in [2.45, 2.75) is 58.6 Å². The quantitative estimate of drug-likeness (QED) is 0.915. The predicted molar refractivity (Wildman–Crippen MR) is 85.2 cm³/mol. The minimum absolute atomic E-state index is 0.122. The molecule has 1 aliphatic rings. The maximum Gasteiger partial charge on any atom is 0.263 e. The maximum atomic E-state index is 12.9. The molecule has 1 aliphatic carbocycles.